The van der Waals surface area contributed by atoms with Gasteiger partial charge in [-0.3, -0.25) is 4.90 Å². The molecule has 1 rings (SSSR count). The maximum atomic E-state index is 5.73. The third-order valence-electron chi connectivity index (χ3n) is 4.97. The highest BCUT2D eigenvalue weighted by atomic mass is 16.5. The number of likely N-dealkylation sites (N-methyl/N-ethyl adjacent to an activating group) is 2. The van der Waals surface area contributed by atoms with E-state index in [1.165, 1.54) is 19.3 Å². The quantitative estimate of drug-likeness (QED) is 0.778. The van der Waals surface area contributed by atoms with Gasteiger partial charge in [0.15, 0.2) is 0 Å². The Kier molecular flexibility index (Phi) is 7.66. The summed E-state index contributed by atoms with van der Waals surface area (Å²) in [6.45, 7) is 16.5. The van der Waals surface area contributed by atoms with Crippen molar-refractivity contribution in [3.8, 4) is 0 Å². The van der Waals surface area contributed by atoms with Crippen molar-refractivity contribution in [2.75, 3.05) is 26.7 Å². The predicted molar refractivity (Wildman–Crippen MR) is 91.8 cm³/mol. The zero-order valence-corrected chi connectivity index (χ0v) is 15.4. The molecule has 1 fully saturated rings. The molecule has 0 bridgehead atoms. The molecule has 0 radical (unpaired) electrons. The predicted octanol–water partition coefficient (Wildman–Crippen LogP) is 3.54. The van der Waals surface area contributed by atoms with E-state index >= 15 is 0 Å². The number of hydrogen-bond donors (Lipinski definition) is 1. The van der Waals surface area contributed by atoms with Gasteiger partial charge in [0.2, 0.25) is 0 Å². The second kappa shape index (κ2) is 8.50. The van der Waals surface area contributed by atoms with E-state index in [1.807, 2.05) is 0 Å². The molecule has 0 saturated heterocycles. The van der Waals surface area contributed by atoms with E-state index in [0.29, 0.717) is 23.6 Å². The van der Waals surface area contributed by atoms with Crippen LogP contribution in [0.25, 0.3) is 0 Å². The van der Waals surface area contributed by atoms with Gasteiger partial charge in [-0.1, -0.05) is 27.7 Å². The fourth-order valence-corrected chi connectivity index (χ4v) is 3.52. The fourth-order valence-electron chi connectivity index (χ4n) is 3.52. The van der Waals surface area contributed by atoms with Gasteiger partial charge < -0.3 is 10.1 Å². The van der Waals surface area contributed by atoms with Gasteiger partial charge in [-0.05, 0) is 58.0 Å². The zero-order chi connectivity index (χ0) is 16.0. The van der Waals surface area contributed by atoms with Gasteiger partial charge in [0.25, 0.3) is 0 Å². The lowest BCUT2D eigenvalue weighted by Gasteiger charge is -2.45. The fraction of sp³-hybridized carbons (Fsp3) is 1.00. The van der Waals surface area contributed by atoms with E-state index in [-0.39, 0.29) is 0 Å². The summed E-state index contributed by atoms with van der Waals surface area (Å²) in [5.41, 5.74) is 0.421. The normalized spacial score (nSPS) is 27.6. The minimum atomic E-state index is 0.330. The molecule has 1 N–H and O–H groups in total. The monoisotopic (exact) mass is 298 g/mol. The van der Waals surface area contributed by atoms with Gasteiger partial charge in [-0.15, -0.1) is 0 Å². The Labute approximate surface area is 132 Å². The minimum absolute atomic E-state index is 0.330. The van der Waals surface area contributed by atoms with Crippen LogP contribution in [0, 0.1) is 11.3 Å². The molecule has 3 nitrogen and oxygen atoms in total. The van der Waals surface area contributed by atoms with Crippen LogP contribution in [0.1, 0.15) is 60.8 Å². The van der Waals surface area contributed by atoms with Gasteiger partial charge in [0, 0.05) is 18.6 Å². The van der Waals surface area contributed by atoms with Gasteiger partial charge >= 0.3 is 0 Å². The molecule has 0 aromatic heterocycles. The molecule has 0 aromatic carbocycles. The van der Waals surface area contributed by atoms with Crippen molar-refractivity contribution >= 4 is 0 Å². The summed E-state index contributed by atoms with van der Waals surface area (Å²) in [5, 5.41) is 3.70. The Hall–Kier alpha value is -0.120. The van der Waals surface area contributed by atoms with Crippen molar-refractivity contribution in [1.82, 2.24) is 10.2 Å². The Morgan fingerprint density at radius 1 is 1.24 bits per heavy atom. The molecule has 3 heteroatoms. The molecule has 3 unspecified atom stereocenters. The minimum Gasteiger partial charge on any atom is -0.377 e. The van der Waals surface area contributed by atoms with Gasteiger partial charge in [-0.25, -0.2) is 0 Å². The first-order valence-electron chi connectivity index (χ1n) is 8.81. The van der Waals surface area contributed by atoms with E-state index in [0.717, 1.165) is 25.6 Å². The molecular weight excluding hydrogens is 260 g/mol. The highest BCUT2D eigenvalue weighted by Gasteiger charge is 2.37. The van der Waals surface area contributed by atoms with E-state index in [4.69, 9.17) is 4.74 Å². The SMILES string of the molecule is CCNC1CCC(C(C)(C)C)CC1N(C)CCOC(C)C. The number of rotatable bonds is 7. The molecule has 3 atom stereocenters. The van der Waals surface area contributed by atoms with Crippen LogP contribution in [0.5, 0.6) is 0 Å². The van der Waals surface area contributed by atoms with Crippen molar-refractivity contribution < 1.29 is 4.74 Å². The second-order valence-corrected chi connectivity index (χ2v) is 8.01. The summed E-state index contributed by atoms with van der Waals surface area (Å²) in [7, 11) is 2.27. The van der Waals surface area contributed by atoms with Crippen LogP contribution in [-0.4, -0.2) is 49.8 Å². The molecule has 1 saturated carbocycles. The van der Waals surface area contributed by atoms with Crippen molar-refractivity contribution in [2.45, 2.75) is 79.0 Å². The molecule has 0 spiro atoms. The molecule has 1 aliphatic rings. The molecule has 21 heavy (non-hydrogen) atoms. The number of nitrogens with zero attached hydrogens (tertiary/aromatic N) is 1. The van der Waals surface area contributed by atoms with Gasteiger partial charge in [0.1, 0.15) is 0 Å². The Balaban J connectivity index is 2.61. The van der Waals surface area contributed by atoms with Gasteiger partial charge in [-0.2, -0.15) is 0 Å². The highest BCUT2D eigenvalue weighted by Crippen LogP contribution is 2.39. The molecule has 0 aromatic rings. The molecule has 1 aliphatic carbocycles. The third kappa shape index (κ3) is 6.25. The Morgan fingerprint density at radius 3 is 2.43 bits per heavy atom. The maximum Gasteiger partial charge on any atom is 0.0596 e. The lowest BCUT2D eigenvalue weighted by atomic mass is 9.69. The Morgan fingerprint density at radius 2 is 1.90 bits per heavy atom. The number of ether oxygens (including phenoxy) is 1. The van der Waals surface area contributed by atoms with Crippen LogP contribution in [0.4, 0.5) is 0 Å². The largest absolute Gasteiger partial charge is 0.377 e. The highest BCUT2D eigenvalue weighted by molar-refractivity contribution is 4.93. The van der Waals surface area contributed by atoms with Crippen molar-refractivity contribution in [1.29, 1.82) is 0 Å². The number of hydrogen-bond acceptors (Lipinski definition) is 3. The third-order valence-corrected chi connectivity index (χ3v) is 4.97. The van der Waals surface area contributed by atoms with E-state index in [9.17, 15) is 0 Å². The van der Waals surface area contributed by atoms with E-state index < -0.39 is 0 Å². The summed E-state index contributed by atoms with van der Waals surface area (Å²) in [6.07, 6.45) is 4.29. The second-order valence-electron chi connectivity index (χ2n) is 8.01. The summed E-state index contributed by atoms with van der Waals surface area (Å²) < 4.78 is 5.73. The smallest absolute Gasteiger partial charge is 0.0596 e. The molecule has 0 aliphatic heterocycles. The summed E-state index contributed by atoms with van der Waals surface area (Å²) >= 11 is 0. The van der Waals surface area contributed by atoms with Crippen LogP contribution in [0.3, 0.4) is 0 Å². The summed E-state index contributed by atoms with van der Waals surface area (Å²) in [6, 6.07) is 1.27. The van der Waals surface area contributed by atoms with E-state index in [2.05, 4.69) is 58.8 Å². The summed E-state index contributed by atoms with van der Waals surface area (Å²) in [5.74, 6) is 0.825. The molecule has 0 heterocycles. The van der Waals surface area contributed by atoms with E-state index in [1.54, 1.807) is 0 Å². The van der Waals surface area contributed by atoms with Crippen LogP contribution in [-0.2, 0) is 4.74 Å². The number of nitrogens with one attached hydrogen (secondary N) is 1. The van der Waals surface area contributed by atoms with Crippen molar-refractivity contribution in [3.63, 3.8) is 0 Å². The average molecular weight is 299 g/mol. The first-order valence-corrected chi connectivity index (χ1v) is 8.81. The maximum absolute atomic E-state index is 5.73. The first kappa shape index (κ1) is 18.9. The zero-order valence-electron chi connectivity index (χ0n) is 15.4. The van der Waals surface area contributed by atoms with Crippen LogP contribution >= 0.6 is 0 Å². The standard InChI is InChI=1S/C18H38N2O/c1-8-19-16-10-9-15(18(4,5)6)13-17(16)20(7)11-12-21-14(2)3/h14-17,19H,8-13H2,1-7H3. The topological polar surface area (TPSA) is 24.5 Å². The molecule has 0 amide bonds. The lowest BCUT2D eigenvalue weighted by molar-refractivity contribution is 0.0296. The molecule has 126 valence electrons. The summed E-state index contributed by atoms with van der Waals surface area (Å²) in [4.78, 5) is 2.52. The van der Waals surface area contributed by atoms with Crippen LogP contribution in [0.15, 0.2) is 0 Å². The van der Waals surface area contributed by atoms with Crippen LogP contribution in [0.2, 0.25) is 0 Å². The lowest BCUT2D eigenvalue weighted by Crippen LogP contribution is -2.54. The van der Waals surface area contributed by atoms with Gasteiger partial charge in [0.05, 0.1) is 12.7 Å². The Bertz CT molecular complexity index is 285. The first-order chi connectivity index (χ1) is 9.75. The molecular formula is C18H38N2O. The van der Waals surface area contributed by atoms with Crippen molar-refractivity contribution in [3.05, 3.63) is 0 Å². The van der Waals surface area contributed by atoms with Crippen molar-refractivity contribution in [2.24, 2.45) is 11.3 Å². The average Bonchev–Trinajstić information content (AvgIpc) is 2.37. The van der Waals surface area contributed by atoms with Crippen LogP contribution < -0.4 is 5.32 Å².